The predicted octanol–water partition coefficient (Wildman–Crippen LogP) is 14.3. The number of sulfone groups is 1. The van der Waals surface area contributed by atoms with Crippen molar-refractivity contribution in [3.8, 4) is 45.6 Å². The maximum absolute atomic E-state index is 13.7. The van der Waals surface area contributed by atoms with E-state index in [-0.39, 0.29) is 82.4 Å². The minimum Gasteiger partial charge on any atom is -0.793 e. The molecule has 103 heavy (non-hydrogen) atoms. The Morgan fingerprint density at radius 2 is 0.816 bits per heavy atom. The fourth-order valence-corrected chi connectivity index (χ4v) is 12.9. The van der Waals surface area contributed by atoms with Gasteiger partial charge in [-0.2, -0.15) is 26.1 Å². The number of rotatable bonds is 14. The molecule has 540 valence electrons. The molecule has 8 aromatic heterocycles. The van der Waals surface area contributed by atoms with Gasteiger partial charge in [0, 0.05) is 101 Å². The summed E-state index contributed by atoms with van der Waals surface area (Å²) in [5, 5.41) is 32.4. The number of alkyl halides is 3. The van der Waals surface area contributed by atoms with Crippen molar-refractivity contribution in [2.75, 3.05) is 35.5 Å². The Morgan fingerprint density at radius 3 is 1.14 bits per heavy atom. The van der Waals surface area contributed by atoms with Gasteiger partial charge in [0.2, 0.25) is 0 Å². The number of hydrogen-bond acceptors (Lipinski definition) is 17. The molecule has 0 radical (unpaired) electrons. The van der Waals surface area contributed by atoms with Gasteiger partial charge in [-0.05, 0) is 81.4 Å². The third-order valence-electron chi connectivity index (χ3n) is 15.6. The molecule has 36 heteroatoms. The zero-order valence-electron chi connectivity index (χ0n) is 56.0. The quantitative estimate of drug-likeness (QED) is 0.0324. The summed E-state index contributed by atoms with van der Waals surface area (Å²) in [4.78, 5) is 17.8. The van der Waals surface area contributed by atoms with Crippen molar-refractivity contribution in [3.63, 3.8) is 0 Å². The molecule has 0 saturated heterocycles. The van der Waals surface area contributed by atoms with Crippen LogP contribution in [0.2, 0.25) is 5.15 Å². The Bertz CT molecular complexity index is 5150. The van der Waals surface area contributed by atoms with Gasteiger partial charge in [0.15, 0.2) is 71.6 Å². The normalized spacial score (nSPS) is 14.1. The van der Waals surface area contributed by atoms with E-state index in [2.05, 4.69) is 73.4 Å². The van der Waals surface area contributed by atoms with Crippen LogP contribution in [0.5, 0.6) is 0 Å². The third kappa shape index (κ3) is 19.2. The Morgan fingerprint density at radius 1 is 0.515 bits per heavy atom. The monoisotopic (exact) mass is 1570 g/mol. The molecule has 16 rings (SSSR count). The second-order valence-electron chi connectivity index (χ2n) is 22.6. The largest absolute Gasteiger partial charge is 1.00 e. The van der Waals surface area contributed by atoms with Crippen molar-refractivity contribution in [1.29, 1.82) is 0 Å². The number of hydrogen-bond donors (Lipinski definition) is 0. The van der Waals surface area contributed by atoms with Crippen LogP contribution in [-0.2, 0) is 33.3 Å². The van der Waals surface area contributed by atoms with Crippen LogP contribution in [0.25, 0.3) is 89.7 Å². The predicted molar refractivity (Wildman–Crippen MR) is 380 cm³/mol. The molecule has 19 nitrogen and oxygen atoms in total. The zero-order valence-corrected chi connectivity index (χ0v) is 62.5. The van der Waals surface area contributed by atoms with Gasteiger partial charge in [0.25, 0.3) is 0 Å². The van der Waals surface area contributed by atoms with Crippen molar-refractivity contribution in [1.82, 2.24) is 79.0 Å². The maximum Gasteiger partial charge on any atom is 1.00 e. The summed E-state index contributed by atoms with van der Waals surface area (Å²) < 4.78 is 168. The second-order valence-corrected chi connectivity index (χ2v) is 29.6. The molecule has 0 bridgehead atoms. The van der Waals surface area contributed by atoms with Crippen molar-refractivity contribution in [2.24, 2.45) is 0 Å². The molecule has 0 spiro atoms. The molecule has 1 unspecified atom stereocenters. The molecule has 12 aromatic rings. The van der Waals surface area contributed by atoms with E-state index in [4.69, 9.17) is 36.2 Å². The minimum absolute atomic E-state index is 0. The molecule has 4 fully saturated rings. The zero-order chi connectivity index (χ0) is 73.3. The standard InChI is InChI=1S/C16H14F2N4O2S.C16H14F2N4OS.C16H14F2N4S.C14H9ClF2N4.C2H6S.CH2Cl2.CH3F.CH4.Na/c1-2-25(23,24)15-5-9(8-19-21-15)16-20-13-6-11(17)12(18)7-14(13)22(16)10-3-4-10;1-2-24(23)15-5-9(8-19-21-15)16-20-13-6-11(17)12(18)7-14(13)22(16)10-3-4-10;1-2-23-15-5-9(8-19-21-15)16-20-13-6-11(17)12(18)7-14(13)22(16)10-3-4-10;15-13-3-7(6-18-20-13)14-19-11-4-9(16)10(17)5-12(11)21(14)8-1-2-8;1-2-3;2-1-3;1-2;;/h5-8,10H,2-4H2,1H3;5-8,10H,2-4H2,1H3;5-8,10H,2-4H2,1H3;3-6,8H,1-2H2;3H,2H2,1H3;1H2;1H3;1H4;/q;;;;;;;;+1/p-1/i;;;;;;1D;;. The smallest absolute Gasteiger partial charge is 0.793 e. The molecule has 1 atom stereocenters. The topological polar surface area (TPSA) is 226 Å². The van der Waals surface area contributed by atoms with Crippen LogP contribution in [-0.4, -0.2) is 127 Å². The summed E-state index contributed by atoms with van der Waals surface area (Å²) in [6.07, 6.45) is 13.9. The van der Waals surface area contributed by atoms with Crippen LogP contribution < -0.4 is 29.6 Å². The molecular formula is C67H65Cl3F9N16NaO3S4. The summed E-state index contributed by atoms with van der Waals surface area (Å²) in [5.74, 6) is -2.85. The number of fused-ring (bicyclic) bond motifs is 4. The Hall–Kier alpha value is -6.88. The Balaban J connectivity index is 0.000000168. The first-order valence-electron chi connectivity index (χ1n) is 32.0. The van der Waals surface area contributed by atoms with Crippen LogP contribution in [0.1, 0.15) is 112 Å². The molecular weight excluding hydrogens is 1510 g/mol. The van der Waals surface area contributed by atoms with Crippen LogP contribution in [0, 0.1) is 46.5 Å². The Labute approximate surface area is 637 Å². The number of nitrogens with zero attached hydrogens (tertiary/aromatic N) is 16. The van der Waals surface area contributed by atoms with Gasteiger partial charge in [-0.1, -0.05) is 46.7 Å². The van der Waals surface area contributed by atoms with E-state index < -0.39 is 74.3 Å². The van der Waals surface area contributed by atoms with E-state index in [0.29, 0.717) is 94.9 Å². The van der Waals surface area contributed by atoms with Crippen LogP contribution in [0.3, 0.4) is 0 Å². The molecule has 0 amide bonds. The van der Waals surface area contributed by atoms with Gasteiger partial charge < -0.3 is 30.9 Å². The number of aromatic nitrogens is 16. The summed E-state index contributed by atoms with van der Waals surface area (Å²) in [6.45, 7) is 7.31. The first-order chi connectivity index (χ1) is 49.0. The molecule has 4 aliphatic rings. The first-order valence-corrected chi connectivity index (χ1v) is 37.3. The van der Waals surface area contributed by atoms with E-state index in [1.165, 1.54) is 43.6 Å². The molecule has 8 heterocycles. The number of thioether (sulfide) groups is 1. The maximum atomic E-state index is 13.7. The van der Waals surface area contributed by atoms with Crippen molar-refractivity contribution in [2.45, 2.75) is 126 Å². The van der Waals surface area contributed by atoms with Gasteiger partial charge >= 0.3 is 29.6 Å². The summed E-state index contributed by atoms with van der Waals surface area (Å²) in [7, 11) is -5.75. The fourth-order valence-electron chi connectivity index (χ4n) is 10.6. The summed E-state index contributed by atoms with van der Waals surface area (Å²) in [6, 6.07) is 16.7. The van der Waals surface area contributed by atoms with Crippen molar-refractivity contribution < 1.29 is 83.1 Å². The van der Waals surface area contributed by atoms with E-state index >= 15 is 0 Å². The number of halogens is 12. The van der Waals surface area contributed by atoms with Crippen LogP contribution >= 0.6 is 46.6 Å². The van der Waals surface area contributed by atoms with Gasteiger partial charge in [-0.15, -0.1) is 55.4 Å². The molecule has 4 aromatic carbocycles. The van der Waals surface area contributed by atoms with E-state index in [9.17, 15) is 52.1 Å². The fraction of sp³-hybridized carbons (Fsp3) is 0.343. The van der Waals surface area contributed by atoms with Crippen LogP contribution in [0.4, 0.5) is 39.5 Å². The van der Waals surface area contributed by atoms with Gasteiger partial charge in [-0.25, -0.2) is 63.5 Å². The van der Waals surface area contributed by atoms with E-state index in [1.54, 1.807) is 43.2 Å². The molecule has 0 N–H and O–H groups in total. The van der Waals surface area contributed by atoms with Gasteiger partial charge in [0.05, 0.1) is 99.3 Å². The minimum atomic E-state index is -3.52. The first kappa shape index (κ1) is 80.2. The van der Waals surface area contributed by atoms with E-state index in [0.717, 1.165) is 104 Å². The number of imidazole rings is 4. The SMILES string of the molecule is C.CCS(=O)(=O)c1cc(-c2nc3cc(F)c(F)cc3n2C2CC2)cnn1.CCS(=O)c1cc(-c2nc3cc(F)c(F)cc3n2C2CC2)cnn1.CCSc1cc(-c2nc3cc(F)c(F)cc3n2C2CC2)cnn1.CC[S-].ClCCl.Fc1cc2nc(-c3cnnc(Cl)c3)n(C3CC3)c2cc1F.[2H]CF.[Na+]. The van der Waals surface area contributed by atoms with Crippen molar-refractivity contribution in [3.05, 3.63) is 149 Å². The third-order valence-corrected chi connectivity index (χ3v) is 19.4. The van der Waals surface area contributed by atoms with Crippen molar-refractivity contribution >= 4 is 124 Å². The van der Waals surface area contributed by atoms with Gasteiger partial charge in [0.1, 0.15) is 28.3 Å². The molecule has 4 aliphatic carbocycles. The van der Waals surface area contributed by atoms with Crippen LogP contribution in [0.15, 0.2) is 113 Å². The average molecular weight is 1570 g/mol. The summed E-state index contributed by atoms with van der Waals surface area (Å²) >= 11 is 21.4. The van der Waals surface area contributed by atoms with E-state index in [1.807, 2.05) is 38.2 Å². The summed E-state index contributed by atoms with van der Waals surface area (Å²) in [5.41, 5.74) is 6.44. The number of benzene rings is 4. The molecule has 4 saturated carbocycles. The molecule has 0 aliphatic heterocycles. The second kappa shape index (κ2) is 36.4. The average Bonchev–Trinajstić information content (AvgIpc) is 1.62. The van der Waals surface area contributed by atoms with Gasteiger partial charge in [-0.3, -0.25) is 8.60 Å². The Kier molecular flexibility index (Phi) is 28.4.